The second-order valence-corrected chi connectivity index (χ2v) is 3.48. The third-order valence-electron chi connectivity index (χ3n) is 2.75. The average Bonchev–Trinajstić information content (AvgIpc) is 2.05. The van der Waals surface area contributed by atoms with Gasteiger partial charge in [0.05, 0.1) is 0 Å². The minimum atomic E-state index is 0.854. The summed E-state index contributed by atoms with van der Waals surface area (Å²) in [5, 5.41) is 0. The molecular weight excluding hydrogens is 134 g/mol. The molecule has 0 aromatic carbocycles. The van der Waals surface area contributed by atoms with Crippen molar-refractivity contribution >= 4 is 0 Å². The summed E-state index contributed by atoms with van der Waals surface area (Å²) < 4.78 is 0. The molecule has 0 amide bonds. The SMILES string of the molecule is CCC(C)C(CC)CCCN. The smallest absolute Gasteiger partial charge is 0.00772 e. The largest absolute Gasteiger partial charge is 0.330 e. The minimum absolute atomic E-state index is 0.854. The molecule has 0 aliphatic rings. The van der Waals surface area contributed by atoms with Gasteiger partial charge in [0.25, 0.3) is 0 Å². The number of nitrogens with two attached hydrogens (primary N) is 1. The van der Waals surface area contributed by atoms with Gasteiger partial charge in [-0.25, -0.2) is 0 Å². The molecular formula is C10H23N. The van der Waals surface area contributed by atoms with E-state index in [9.17, 15) is 0 Å². The Morgan fingerprint density at radius 1 is 1.18 bits per heavy atom. The maximum atomic E-state index is 5.47. The monoisotopic (exact) mass is 157 g/mol. The molecule has 1 nitrogen and oxygen atoms in total. The molecule has 68 valence electrons. The third kappa shape index (κ3) is 4.41. The minimum Gasteiger partial charge on any atom is -0.330 e. The number of hydrogen-bond donors (Lipinski definition) is 1. The van der Waals surface area contributed by atoms with Crippen LogP contribution in [0.1, 0.15) is 46.5 Å². The molecule has 0 saturated carbocycles. The maximum Gasteiger partial charge on any atom is -0.00772 e. The molecule has 0 fully saturated rings. The summed E-state index contributed by atoms with van der Waals surface area (Å²) in [7, 11) is 0. The van der Waals surface area contributed by atoms with Gasteiger partial charge in [-0.2, -0.15) is 0 Å². The molecule has 0 saturated heterocycles. The van der Waals surface area contributed by atoms with Crippen LogP contribution in [0, 0.1) is 11.8 Å². The number of hydrogen-bond acceptors (Lipinski definition) is 1. The topological polar surface area (TPSA) is 26.0 Å². The lowest BCUT2D eigenvalue weighted by Gasteiger charge is -2.20. The summed E-state index contributed by atoms with van der Waals surface area (Å²) in [6.07, 6.45) is 5.14. The summed E-state index contributed by atoms with van der Waals surface area (Å²) in [6.45, 7) is 7.76. The molecule has 11 heavy (non-hydrogen) atoms. The first-order chi connectivity index (χ1) is 5.26. The molecule has 0 heterocycles. The van der Waals surface area contributed by atoms with Gasteiger partial charge in [0.1, 0.15) is 0 Å². The van der Waals surface area contributed by atoms with E-state index in [2.05, 4.69) is 20.8 Å². The summed E-state index contributed by atoms with van der Waals surface area (Å²) in [5.41, 5.74) is 5.47. The van der Waals surface area contributed by atoms with Gasteiger partial charge in [-0.05, 0) is 31.2 Å². The van der Waals surface area contributed by atoms with E-state index in [0.717, 1.165) is 18.4 Å². The summed E-state index contributed by atoms with van der Waals surface area (Å²) >= 11 is 0. The molecule has 0 aromatic rings. The first-order valence-corrected chi connectivity index (χ1v) is 4.96. The lowest BCUT2D eigenvalue weighted by atomic mass is 9.86. The highest BCUT2D eigenvalue weighted by molar-refractivity contribution is 4.63. The zero-order chi connectivity index (χ0) is 8.69. The van der Waals surface area contributed by atoms with Gasteiger partial charge in [-0.15, -0.1) is 0 Å². The van der Waals surface area contributed by atoms with E-state index in [-0.39, 0.29) is 0 Å². The van der Waals surface area contributed by atoms with E-state index >= 15 is 0 Å². The predicted octanol–water partition coefficient (Wildman–Crippen LogP) is 2.80. The van der Waals surface area contributed by atoms with Crippen LogP contribution in [0.3, 0.4) is 0 Å². The Hall–Kier alpha value is -0.0400. The lowest BCUT2D eigenvalue weighted by molar-refractivity contribution is 0.312. The fourth-order valence-electron chi connectivity index (χ4n) is 1.60. The van der Waals surface area contributed by atoms with Crippen molar-refractivity contribution in [1.29, 1.82) is 0 Å². The van der Waals surface area contributed by atoms with Crippen LogP contribution < -0.4 is 5.73 Å². The molecule has 2 unspecified atom stereocenters. The van der Waals surface area contributed by atoms with Crippen LogP contribution in [-0.4, -0.2) is 6.54 Å². The van der Waals surface area contributed by atoms with Crippen molar-refractivity contribution < 1.29 is 0 Å². The van der Waals surface area contributed by atoms with E-state index in [4.69, 9.17) is 5.73 Å². The normalized spacial score (nSPS) is 16.4. The van der Waals surface area contributed by atoms with Crippen LogP contribution in [0.25, 0.3) is 0 Å². The molecule has 0 radical (unpaired) electrons. The average molecular weight is 157 g/mol. The summed E-state index contributed by atoms with van der Waals surface area (Å²) in [4.78, 5) is 0. The molecule has 0 aliphatic heterocycles. The zero-order valence-corrected chi connectivity index (χ0v) is 8.27. The van der Waals surface area contributed by atoms with Gasteiger partial charge in [-0.3, -0.25) is 0 Å². The second kappa shape index (κ2) is 6.66. The van der Waals surface area contributed by atoms with Crippen molar-refractivity contribution in [3.63, 3.8) is 0 Å². The number of rotatable bonds is 6. The highest BCUT2D eigenvalue weighted by Crippen LogP contribution is 2.22. The van der Waals surface area contributed by atoms with Crippen molar-refractivity contribution in [3.05, 3.63) is 0 Å². The zero-order valence-electron chi connectivity index (χ0n) is 8.27. The summed E-state index contributed by atoms with van der Waals surface area (Å²) in [5.74, 6) is 1.79. The second-order valence-electron chi connectivity index (χ2n) is 3.48. The first kappa shape index (κ1) is 11.0. The van der Waals surface area contributed by atoms with Gasteiger partial charge in [0.15, 0.2) is 0 Å². The Morgan fingerprint density at radius 3 is 2.18 bits per heavy atom. The van der Waals surface area contributed by atoms with Crippen molar-refractivity contribution in [2.45, 2.75) is 46.5 Å². The highest BCUT2D eigenvalue weighted by atomic mass is 14.5. The molecule has 0 aromatic heterocycles. The highest BCUT2D eigenvalue weighted by Gasteiger charge is 2.12. The van der Waals surface area contributed by atoms with Gasteiger partial charge >= 0.3 is 0 Å². The van der Waals surface area contributed by atoms with Crippen molar-refractivity contribution in [2.24, 2.45) is 17.6 Å². The molecule has 0 rings (SSSR count). The Morgan fingerprint density at radius 2 is 1.82 bits per heavy atom. The molecule has 0 spiro atoms. The van der Waals surface area contributed by atoms with Crippen LogP contribution in [0.5, 0.6) is 0 Å². The van der Waals surface area contributed by atoms with E-state index in [1.54, 1.807) is 0 Å². The van der Waals surface area contributed by atoms with Crippen LogP contribution in [0.2, 0.25) is 0 Å². The van der Waals surface area contributed by atoms with Gasteiger partial charge < -0.3 is 5.73 Å². The van der Waals surface area contributed by atoms with E-state index < -0.39 is 0 Å². The third-order valence-corrected chi connectivity index (χ3v) is 2.75. The van der Waals surface area contributed by atoms with Crippen molar-refractivity contribution in [1.82, 2.24) is 0 Å². The first-order valence-electron chi connectivity index (χ1n) is 4.96. The van der Waals surface area contributed by atoms with Gasteiger partial charge in [0.2, 0.25) is 0 Å². The Labute approximate surface area is 71.4 Å². The van der Waals surface area contributed by atoms with Crippen LogP contribution in [-0.2, 0) is 0 Å². The van der Waals surface area contributed by atoms with Crippen molar-refractivity contribution in [2.75, 3.05) is 6.54 Å². The Bertz CT molecular complexity index is 80.9. The van der Waals surface area contributed by atoms with Gasteiger partial charge in [-0.1, -0.05) is 33.6 Å². The van der Waals surface area contributed by atoms with E-state index in [0.29, 0.717) is 0 Å². The quantitative estimate of drug-likeness (QED) is 0.630. The molecule has 0 aliphatic carbocycles. The van der Waals surface area contributed by atoms with E-state index in [1.807, 2.05) is 0 Å². The van der Waals surface area contributed by atoms with Gasteiger partial charge in [0, 0.05) is 0 Å². The predicted molar refractivity (Wildman–Crippen MR) is 51.5 cm³/mol. The standard InChI is InChI=1S/C10H23N/c1-4-9(3)10(5-2)7-6-8-11/h9-10H,4-8,11H2,1-3H3. The summed E-state index contributed by atoms with van der Waals surface area (Å²) in [6, 6.07) is 0. The van der Waals surface area contributed by atoms with Crippen molar-refractivity contribution in [3.8, 4) is 0 Å². The van der Waals surface area contributed by atoms with Crippen LogP contribution >= 0.6 is 0 Å². The maximum absolute atomic E-state index is 5.47. The molecule has 2 atom stereocenters. The van der Waals surface area contributed by atoms with Crippen LogP contribution in [0.15, 0.2) is 0 Å². The fraction of sp³-hybridized carbons (Fsp3) is 1.00. The molecule has 2 N–H and O–H groups in total. The van der Waals surface area contributed by atoms with E-state index in [1.165, 1.54) is 25.7 Å². The fourth-order valence-corrected chi connectivity index (χ4v) is 1.60. The molecule has 0 bridgehead atoms. The Balaban J connectivity index is 3.56. The van der Waals surface area contributed by atoms with Crippen LogP contribution in [0.4, 0.5) is 0 Å². The molecule has 1 heteroatoms. The Kier molecular flexibility index (Phi) is 6.63. The lowest BCUT2D eigenvalue weighted by Crippen LogP contribution is -2.12.